The number of carbonyl (C=O) groups is 1. The normalized spacial score (nSPS) is 13.1. The largest absolute Gasteiger partial charge is 0.325 e. The fourth-order valence-corrected chi connectivity index (χ4v) is 2.02. The number of benzene rings is 1. The smallest absolute Gasteiger partial charge is 0.238 e. The molecule has 21 heavy (non-hydrogen) atoms. The van der Waals surface area contributed by atoms with Crippen molar-refractivity contribution in [1.82, 2.24) is 0 Å². The predicted octanol–water partition coefficient (Wildman–Crippen LogP) is 1.34. The molecule has 0 saturated heterocycles. The van der Waals surface area contributed by atoms with E-state index in [0.717, 1.165) is 5.56 Å². The lowest BCUT2D eigenvalue weighted by atomic mass is 9.74. The number of sulfonamides is 1. The maximum atomic E-state index is 12.4. The summed E-state index contributed by atoms with van der Waals surface area (Å²) in [6, 6.07) is 4.34. The molecule has 0 aliphatic carbocycles. The van der Waals surface area contributed by atoms with Crippen LogP contribution in [0.15, 0.2) is 23.1 Å². The molecular weight excluding hydrogens is 290 g/mol. The monoisotopic (exact) mass is 313 g/mol. The minimum Gasteiger partial charge on any atom is -0.325 e. The third-order valence-corrected chi connectivity index (χ3v) is 4.88. The molecular formula is C14H23N3O3S. The zero-order chi connectivity index (χ0) is 16.6. The number of anilines is 1. The van der Waals surface area contributed by atoms with Gasteiger partial charge >= 0.3 is 0 Å². The molecule has 0 unspecified atom stereocenters. The summed E-state index contributed by atoms with van der Waals surface area (Å²) in [7, 11) is -3.82. The van der Waals surface area contributed by atoms with Crippen LogP contribution in [0, 0.1) is 12.3 Å². The topological polar surface area (TPSA) is 115 Å². The molecule has 0 radical (unpaired) electrons. The van der Waals surface area contributed by atoms with E-state index in [0.29, 0.717) is 5.69 Å². The third kappa shape index (κ3) is 3.81. The van der Waals surface area contributed by atoms with E-state index in [9.17, 15) is 13.2 Å². The quantitative estimate of drug-likeness (QED) is 0.778. The van der Waals surface area contributed by atoms with Crippen molar-refractivity contribution in [2.24, 2.45) is 16.3 Å². The molecule has 5 N–H and O–H groups in total. The van der Waals surface area contributed by atoms with E-state index in [1.165, 1.54) is 12.1 Å². The molecule has 1 rings (SSSR count). The Labute approximate surface area is 126 Å². The number of primary sulfonamides is 1. The van der Waals surface area contributed by atoms with Crippen LogP contribution in [-0.4, -0.2) is 19.9 Å². The Bertz CT molecular complexity index is 659. The summed E-state index contributed by atoms with van der Waals surface area (Å²) in [5, 5.41) is 7.83. The zero-order valence-corrected chi connectivity index (χ0v) is 13.8. The molecule has 0 fully saturated rings. The van der Waals surface area contributed by atoms with Crippen LogP contribution in [0.4, 0.5) is 5.69 Å². The second-order valence-corrected chi connectivity index (χ2v) is 7.88. The molecule has 118 valence electrons. The van der Waals surface area contributed by atoms with E-state index in [2.05, 4.69) is 5.32 Å². The van der Waals surface area contributed by atoms with Gasteiger partial charge in [-0.05, 0) is 52.3 Å². The summed E-state index contributed by atoms with van der Waals surface area (Å²) in [5.74, 6) is -0.287. The fraction of sp³-hybridized carbons (Fsp3) is 0.500. The number of carbonyl (C=O) groups excluding carboxylic acids is 1. The lowest BCUT2D eigenvalue weighted by molar-refractivity contribution is -0.126. The van der Waals surface area contributed by atoms with Crippen LogP contribution < -0.4 is 16.2 Å². The van der Waals surface area contributed by atoms with Crippen LogP contribution >= 0.6 is 0 Å². The molecule has 1 aromatic carbocycles. The molecule has 0 aliphatic heterocycles. The van der Waals surface area contributed by atoms with Crippen molar-refractivity contribution in [3.8, 4) is 0 Å². The van der Waals surface area contributed by atoms with Crippen LogP contribution in [-0.2, 0) is 14.8 Å². The van der Waals surface area contributed by atoms with Gasteiger partial charge in [-0.2, -0.15) is 0 Å². The lowest BCUT2D eigenvalue weighted by Crippen LogP contribution is -2.53. The summed E-state index contributed by atoms with van der Waals surface area (Å²) in [6.45, 7) is 8.77. The van der Waals surface area contributed by atoms with Gasteiger partial charge in [-0.15, -0.1) is 0 Å². The Balaban J connectivity index is 3.18. The Morgan fingerprint density at radius 2 is 1.71 bits per heavy atom. The summed E-state index contributed by atoms with van der Waals surface area (Å²) in [5.41, 5.74) is 5.60. The molecule has 0 spiro atoms. The highest BCUT2D eigenvalue weighted by Gasteiger charge is 2.40. The minimum atomic E-state index is -3.82. The van der Waals surface area contributed by atoms with Crippen LogP contribution in [0.5, 0.6) is 0 Å². The van der Waals surface area contributed by atoms with Crippen molar-refractivity contribution in [2.45, 2.75) is 45.1 Å². The molecule has 1 amide bonds. The maximum Gasteiger partial charge on any atom is 0.238 e. The van der Waals surface area contributed by atoms with Gasteiger partial charge in [-0.25, -0.2) is 13.6 Å². The minimum absolute atomic E-state index is 0.0479. The molecule has 0 aliphatic rings. The van der Waals surface area contributed by atoms with Gasteiger partial charge in [-0.3, -0.25) is 4.79 Å². The van der Waals surface area contributed by atoms with Crippen LogP contribution in [0.25, 0.3) is 0 Å². The summed E-state index contributed by atoms with van der Waals surface area (Å²) < 4.78 is 22.8. The highest BCUT2D eigenvalue weighted by Crippen LogP contribution is 2.30. The molecule has 0 aromatic heterocycles. The highest BCUT2D eigenvalue weighted by atomic mass is 32.2. The van der Waals surface area contributed by atoms with Gasteiger partial charge in [-0.1, -0.05) is 6.07 Å². The van der Waals surface area contributed by atoms with Crippen molar-refractivity contribution in [3.63, 3.8) is 0 Å². The van der Waals surface area contributed by atoms with E-state index in [1.807, 2.05) is 0 Å². The Morgan fingerprint density at radius 1 is 1.19 bits per heavy atom. The van der Waals surface area contributed by atoms with Crippen LogP contribution in [0.1, 0.15) is 33.3 Å². The van der Waals surface area contributed by atoms with Gasteiger partial charge in [0.15, 0.2) is 0 Å². The number of rotatable bonds is 4. The molecule has 6 nitrogen and oxygen atoms in total. The molecule has 0 bridgehead atoms. The average molecular weight is 313 g/mol. The third-order valence-electron chi connectivity index (χ3n) is 3.96. The van der Waals surface area contributed by atoms with Gasteiger partial charge in [0, 0.05) is 11.2 Å². The Morgan fingerprint density at radius 3 is 2.14 bits per heavy atom. The first-order chi connectivity index (χ1) is 9.26. The number of hydrogen-bond donors (Lipinski definition) is 3. The summed E-state index contributed by atoms with van der Waals surface area (Å²) >= 11 is 0. The molecule has 7 heteroatoms. The standard InChI is InChI=1S/C14H23N3O3S/c1-9-6-7-10(21(16,19)20)8-11(9)17-12(18)13(2,3)14(4,5)15/h6-8H,15H2,1-5H3,(H,17,18)(H2,16,19,20). The number of amides is 1. The van der Waals surface area contributed by atoms with Gasteiger partial charge in [0.25, 0.3) is 0 Å². The second kappa shape index (κ2) is 5.40. The first-order valence-electron chi connectivity index (χ1n) is 6.50. The first-order valence-corrected chi connectivity index (χ1v) is 8.05. The second-order valence-electron chi connectivity index (χ2n) is 6.32. The number of aryl methyl sites for hydroxylation is 1. The van der Waals surface area contributed by atoms with Crippen LogP contribution in [0.2, 0.25) is 0 Å². The van der Waals surface area contributed by atoms with E-state index in [4.69, 9.17) is 10.9 Å². The maximum absolute atomic E-state index is 12.4. The average Bonchev–Trinajstić information content (AvgIpc) is 2.28. The number of nitrogens with one attached hydrogen (secondary N) is 1. The molecule has 0 atom stereocenters. The van der Waals surface area contributed by atoms with E-state index in [-0.39, 0.29) is 10.8 Å². The van der Waals surface area contributed by atoms with Gasteiger partial charge < -0.3 is 11.1 Å². The summed E-state index contributed by atoms with van der Waals surface area (Å²) in [4.78, 5) is 12.4. The van der Waals surface area contributed by atoms with Crippen molar-refractivity contribution in [3.05, 3.63) is 23.8 Å². The van der Waals surface area contributed by atoms with Gasteiger partial charge in [0.1, 0.15) is 0 Å². The Hall–Kier alpha value is -1.44. The highest BCUT2D eigenvalue weighted by molar-refractivity contribution is 7.89. The van der Waals surface area contributed by atoms with Crippen molar-refractivity contribution in [2.75, 3.05) is 5.32 Å². The molecule has 0 saturated carbocycles. The SMILES string of the molecule is Cc1ccc(S(N)(=O)=O)cc1NC(=O)C(C)(C)C(C)(C)N. The zero-order valence-electron chi connectivity index (χ0n) is 13.0. The fourth-order valence-electron chi connectivity index (χ4n) is 1.48. The number of nitrogens with two attached hydrogens (primary N) is 2. The lowest BCUT2D eigenvalue weighted by Gasteiger charge is -2.37. The van der Waals surface area contributed by atoms with E-state index < -0.39 is 21.0 Å². The van der Waals surface area contributed by atoms with E-state index in [1.54, 1.807) is 40.7 Å². The predicted molar refractivity (Wildman–Crippen MR) is 83.2 cm³/mol. The van der Waals surface area contributed by atoms with Gasteiger partial charge in [0.2, 0.25) is 15.9 Å². The van der Waals surface area contributed by atoms with Gasteiger partial charge in [0.05, 0.1) is 10.3 Å². The van der Waals surface area contributed by atoms with Crippen molar-refractivity contribution in [1.29, 1.82) is 0 Å². The summed E-state index contributed by atoms with van der Waals surface area (Å²) in [6.07, 6.45) is 0. The molecule has 0 heterocycles. The Kier molecular flexibility index (Phi) is 4.53. The number of hydrogen-bond acceptors (Lipinski definition) is 4. The van der Waals surface area contributed by atoms with Crippen LogP contribution in [0.3, 0.4) is 0 Å². The van der Waals surface area contributed by atoms with Crippen molar-refractivity contribution >= 4 is 21.6 Å². The molecule has 1 aromatic rings. The van der Waals surface area contributed by atoms with E-state index >= 15 is 0 Å². The van der Waals surface area contributed by atoms with Crippen molar-refractivity contribution < 1.29 is 13.2 Å². The first kappa shape index (κ1) is 17.6.